The first-order valence-electron chi connectivity index (χ1n) is 11.1. The number of carboxylic acids is 1. The van der Waals surface area contributed by atoms with Gasteiger partial charge in [-0.3, -0.25) is 4.79 Å². The zero-order chi connectivity index (χ0) is 25.2. The number of fused-ring (bicyclic) bond motifs is 1. The van der Waals surface area contributed by atoms with Crippen molar-refractivity contribution < 1.29 is 24.2 Å². The number of hydrogen-bond donors (Lipinski definition) is 2. The van der Waals surface area contributed by atoms with E-state index in [0.29, 0.717) is 28.9 Å². The Balaban J connectivity index is 1.61. The van der Waals surface area contributed by atoms with E-state index < -0.39 is 5.97 Å². The Kier molecular flexibility index (Phi) is 6.13. The van der Waals surface area contributed by atoms with Crippen molar-refractivity contribution in [3.8, 4) is 28.0 Å². The van der Waals surface area contributed by atoms with Crippen LogP contribution in [0.3, 0.4) is 0 Å². The number of thiazole rings is 1. The maximum absolute atomic E-state index is 11.3. The van der Waals surface area contributed by atoms with Crippen molar-refractivity contribution in [2.75, 3.05) is 11.9 Å². The molecule has 0 spiro atoms. The molecule has 2 aromatic heterocycles. The predicted molar refractivity (Wildman–Crippen MR) is 134 cm³/mol. The highest BCUT2D eigenvalue weighted by atomic mass is 32.1. The van der Waals surface area contributed by atoms with Crippen LogP contribution < -0.4 is 14.9 Å². The summed E-state index contributed by atoms with van der Waals surface area (Å²) in [6.45, 7) is 3.95. The second kappa shape index (κ2) is 9.55. The summed E-state index contributed by atoms with van der Waals surface area (Å²) in [4.78, 5) is 30.5. The topological polar surface area (TPSA) is 123 Å². The van der Waals surface area contributed by atoms with Gasteiger partial charge < -0.3 is 15.2 Å². The van der Waals surface area contributed by atoms with Gasteiger partial charge in [0.15, 0.2) is 5.52 Å². The lowest BCUT2D eigenvalue weighted by molar-refractivity contribution is -0.734. The molecule has 11 heteroatoms. The van der Waals surface area contributed by atoms with Gasteiger partial charge in [0.05, 0.1) is 16.9 Å². The standard InChI is InChI=1S/C25H20N6O4S/c1-3-35-20-12-13-21-22(14-20)36-25(27-21)31-29-23(16-4-8-18(9-5-16)26-15(2)32)28-30(31)19-10-6-17(7-11-19)24(33)34/h4-14H,3H2,1-2H3,(H-,26,28,29,32,33,34)/p+1. The number of tetrazole rings is 1. The molecule has 36 heavy (non-hydrogen) atoms. The highest BCUT2D eigenvalue weighted by Crippen LogP contribution is 2.27. The lowest BCUT2D eigenvalue weighted by Crippen LogP contribution is -2.43. The van der Waals surface area contributed by atoms with Crippen LogP contribution in [0.15, 0.2) is 66.7 Å². The fourth-order valence-corrected chi connectivity index (χ4v) is 4.50. The lowest BCUT2D eigenvalue weighted by Gasteiger charge is -2.00. The van der Waals surface area contributed by atoms with Gasteiger partial charge in [0.2, 0.25) is 5.91 Å². The summed E-state index contributed by atoms with van der Waals surface area (Å²) in [5.74, 6) is 0.0252. The highest BCUT2D eigenvalue weighted by Gasteiger charge is 2.25. The van der Waals surface area contributed by atoms with Crippen LogP contribution in [0.2, 0.25) is 0 Å². The molecule has 5 rings (SSSR count). The molecule has 180 valence electrons. The predicted octanol–water partition coefficient (Wildman–Crippen LogP) is 3.88. The first kappa shape index (κ1) is 23.1. The van der Waals surface area contributed by atoms with Crippen LogP contribution in [0.1, 0.15) is 24.2 Å². The van der Waals surface area contributed by atoms with Crippen molar-refractivity contribution in [2.24, 2.45) is 0 Å². The second-order valence-corrected chi connectivity index (χ2v) is 8.78. The molecule has 1 amide bonds. The van der Waals surface area contributed by atoms with Gasteiger partial charge in [-0.2, -0.15) is 0 Å². The van der Waals surface area contributed by atoms with Gasteiger partial charge in [0, 0.05) is 29.3 Å². The molecule has 5 aromatic rings. The molecule has 0 fully saturated rings. The van der Waals surface area contributed by atoms with Crippen LogP contribution in [0.25, 0.3) is 32.4 Å². The summed E-state index contributed by atoms with van der Waals surface area (Å²) in [5, 5.41) is 22.0. The van der Waals surface area contributed by atoms with E-state index in [1.807, 2.05) is 37.3 Å². The summed E-state index contributed by atoms with van der Waals surface area (Å²) in [6, 6.07) is 19.2. The Hall–Kier alpha value is -4.64. The van der Waals surface area contributed by atoms with Gasteiger partial charge in [-0.05, 0) is 82.3 Å². The van der Waals surface area contributed by atoms with Gasteiger partial charge in [-0.15, -0.1) is 0 Å². The van der Waals surface area contributed by atoms with Crippen LogP contribution in [0, 0.1) is 0 Å². The number of ether oxygens (including phenoxy) is 1. The van der Waals surface area contributed by atoms with E-state index in [-0.39, 0.29) is 11.5 Å². The van der Waals surface area contributed by atoms with Gasteiger partial charge in [-0.1, -0.05) is 16.3 Å². The van der Waals surface area contributed by atoms with Crippen molar-refractivity contribution in [3.05, 3.63) is 72.3 Å². The molecule has 0 radical (unpaired) electrons. The molecule has 0 saturated carbocycles. The number of carbonyl (C=O) groups excluding carboxylic acids is 1. The first-order chi connectivity index (χ1) is 17.4. The van der Waals surface area contributed by atoms with Gasteiger partial charge >= 0.3 is 11.1 Å². The van der Waals surface area contributed by atoms with Crippen molar-refractivity contribution in [2.45, 2.75) is 13.8 Å². The smallest absolute Gasteiger partial charge is 0.365 e. The monoisotopic (exact) mass is 501 g/mol. The van der Waals surface area contributed by atoms with Crippen LogP contribution >= 0.6 is 11.3 Å². The SMILES string of the molecule is CCOc1ccc2nc(-[n+]3nc(-c4ccc(NC(C)=O)cc4)nn3-c3ccc(C(=O)O)cc3)sc2c1. The fraction of sp³-hybridized carbons (Fsp3) is 0.120. The Morgan fingerprint density at radius 2 is 1.83 bits per heavy atom. The molecule has 2 heterocycles. The average molecular weight is 502 g/mol. The number of aromatic carboxylic acids is 1. The molecule has 10 nitrogen and oxygen atoms in total. The summed E-state index contributed by atoms with van der Waals surface area (Å²) in [6.07, 6.45) is 0. The van der Waals surface area contributed by atoms with Gasteiger partial charge in [0.1, 0.15) is 11.4 Å². The number of anilines is 1. The molecule has 0 aliphatic rings. The molecule has 0 atom stereocenters. The van der Waals surface area contributed by atoms with E-state index in [2.05, 4.69) is 10.4 Å². The largest absolute Gasteiger partial charge is 0.494 e. The zero-order valence-electron chi connectivity index (χ0n) is 19.4. The van der Waals surface area contributed by atoms with E-state index in [0.717, 1.165) is 21.5 Å². The maximum Gasteiger partial charge on any atom is 0.365 e. The normalized spacial score (nSPS) is 10.9. The Morgan fingerprint density at radius 3 is 2.50 bits per heavy atom. The number of amides is 1. The third-order valence-corrected chi connectivity index (χ3v) is 6.18. The zero-order valence-corrected chi connectivity index (χ0v) is 20.2. The van der Waals surface area contributed by atoms with E-state index >= 15 is 0 Å². The molecule has 0 aliphatic carbocycles. The number of carboxylic acid groups (broad SMARTS) is 1. The number of aromatic nitrogens is 5. The van der Waals surface area contributed by atoms with Crippen molar-refractivity contribution >= 4 is 39.1 Å². The van der Waals surface area contributed by atoms with E-state index in [1.165, 1.54) is 30.4 Å². The molecule has 0 bridgehead atoms. The second-order valence-electron chi connectivity index (χ2n) is 7.77. The molecule has 2 N–H and O–H groups in total. The van der Waals surface area contributed by atoms with Crippen molar-refractivity contribution in [1.82, 2.24) is 20.0 Å². The van der Waals surface area contributed by atoms with E-state index in [4.69, 9.17) is 14.8 Å². The number of carbonyl (C=O) groups is 2. The number of nitrogens with one attached hydrogen (secondary N) is 1. The summed E-state index contributed by atoms with van der Waals surface area (Å²) in [7, 11) is 0. The van der Waals surface area contributed by atoms with Crippen molar-refractivity contribution in [3.63, 3.8) is 0 Å². The molecule has 3 aromatic carbocycles. The average Bonchev–Trinajstić information content (AvgIpc) is 3.49. The Bertz CT molecular complexity index is 1570. The quantitative estimate of drug-likeness (QED) is 0.325. The summed E-state index contributed by atoms with van der Waals surface area (Å²) >= 11 is 1.43. The van der Waals surface area contributed by atoms with Gasteiger partial charge in [0.25, 0.3) is 5.82 Å². The minimum Gasteiger partial charge on any atom is -0.494 e. The van der Waals surface area contributed by atoms with Crippen LogP contribution in [-0.4, -0.2) is 43.6 Å². The lowest BCUT2D eigenvalue weighted by atomic mass is 10.2. The van der Waals surface area contributed by atoms with Gasteiger partial charge in [-0.25, -0.2) is 4.79 Å². The van der Waals surface area contributed by atoms with E-state index in [9.17, 15) is 14.7 Å². The van der Waals surface area contributed by atoms with Crippen molar-refractivity contribution in [1.29, 1.82) is 0 Å². The maximum atomic E-state index is 11.3. The molecule has 0 saturated heterocycles. The molecular weight excluding hydrogens is 480 g/mol. The number of hydrogen-bond acceptors (Lipinski definition) is 7. The third-order valence-electron chi connectivity index (χ3n) is 5.20. The molecular formula is C25H21N6O4S+. The summed E-state index contributed by atoms with van der Waals surface area (Å²) in [5.41, 5.74) is 2.98. The minimum atomic E-state index is -1.01. The third kappa shape index (κ3) is 4.64. The number of nitrogens with zero attached hydrogens (tertiary/aromatic N) is 5. The molecule has 0 unspecified atom stereocenters. The number of rotatable bonds is 7. The van der Waals surface area contributed by atoms with E-state index in [1.54, 1.807) is 33.9 Å². The van der Waals surface area contributed by atoms with Crippen LogP contribution in [0.5, 0.6) is 5.75 Å². The Labute approximate surface area is 209 Å². The molecule has 0 aliphatic heterocycles. The van der Waals surface area contributed by atoms with Crippen LogP contribution in [-0.2, 0) is 4.79 Å². The Morgan fingerprint density at radius 1 is 1.08 bits per heavy atom. The highest BCUT2D eigenvalue weighted by molar-refractivity contribution is 7.20. The number of benzene rings is 3. The first-order valence-corrected chi connectivity index (χ1v) is 11.9. The summed E-state index contributed by atoms with van der Waals surface area (Å²) < 4.78 is 6.54. The minimum absolute atomic E-state index is 0.156. The van der Waals surface area contributed by atoms with Crippen LogP contribution in [0.4, 0.5) is 5.69 Å². The fourth-order valence-electron chi connectivity index (χ4n) is 3.57.